The van der Waals surface area contributed by atoms with Crippen LogP contribution in [0.1, 0.15) is 43.6 Å². The first-order valence-electron chi connectivity index (χ1n) is 6.42. The zero-order valence-corrected chi connectivity index (χ0v) is 9.60. The molecule has 2 fully saturated rings. The van der Waals surface area contributed by atoms with Crippen molar-refractivity contribution in [2.45, 2.75) is 44.1 Å². The molecule has 2 unspecified atom stereocenters. The summed E-state index contributed by atoms with van der Waals surface area (Å²) in [6, 6.07) is 0.827. The van der Waals surface area contributed by atoms with E-state index in [1.165, 1.54) is 44.2 Å². The molecule has 1 aromatic rings. The molecule has 3 nitrogen and oxygen atoms in total. The summed E-state index contributed by atoms with van der Waals surface area (Å²) >= 11 is 0. The highest BCUT2D eigenvalue weighted by Gasteiger charge is 2.30. The third-order valence-corrected chi connectivity index (χ3v) is 3.91. The van der Waals surface area contributed by atoms with Gasteiger partial charge in [-0.15, -0.1) is 0 Å². The van der Waals surface area contributed by atoms with Crippen LogP contribution < -0.4 is 5.32 Å². The zero-order valence-electron chi connectivity index (χ0n) is 9.60. The molecule has 0 amide bonds. The molecule has 1 aromatic heterocycles. The molecule has 0 aromatic carbocycles. The molecule has 1 N–H and O–H groups in total. The van der Waals surface area contributed by atoms with Gasteiger partial charge >= 0.3 is 0 Å². The van der Waals surface area contributed by atoms with Crippen LogP contribution in [0.15, 0.2) is 18.7 Å². The largest absolute Gasteiger partial charge is 0.314 e. The molecular formula is C13H19N3. The van der Waals surface area contributed by atoms with Crippen LogP contribution in [-0.4, -0.2) is 22.6 Å². The lowest BCUT2D eigenvalue weighted by Gasteiger charge is -2.19. The smallest absolute Gasteiger partial charge is 0.115 e. The standard InChI is InChI=1S/C13H19N3/c1-2-10(8-16-12-4-5-12)13(3-1)11-6-14-9-15-7-11/h6-7,9-10,12-13,16H,1-5,8H2. The molecular weight excluding hydrogens is 198 g/mol. The molecule has 0 saturated heterocycles. The topological polar surface area (TPSA) is 37.8 Å². The summed E-state index contributed by atoms with van der Waals surface area (Å²) in [5, 5.41) is 3.66. The van der Waals surface area contributed by atoms with Gasteiger partial charge in [-0.3, -0.25) is 0 Å². The Hall–Kier alpha value is -0.960. The van der Waals surface area contributed by atoms with Crippen LogP contribution in [0.5, 0.6) is 0 Å². The van der Waals surface area contributed by atoms with E-state index in [0.717, 1.165) is 12.0 Å². The lowest BCUT2D eigenvalue weighted by Crippen LogP contribution is -2.26. The fraction of sp³-hybridized carbons (Fsp3) is 0.692. The van der Waals surface area contributed by atoms with Crippen LogP contribution in [0, 0.1) is 5.92 Å². The maximum atomic E-state index is 4.14. The average molecular weight is 217 g/mol. The SMILES string of the molecule is c1ncc(C2CCCC2CNC2CC2)cn1. The molecule has 0 spiro atoms. The summed E-state index contributed by atoms with van der Waals surface area (Å²) in [7, 11) is 0. The predicted octanol–water partition coefficient (Wildman–Crippen LogP) is 2.11. The molecule has 0 aliphatic heterocycles. The summed E-state index contributed by atoms with van der Waals surface area (Å²) < 4.78 is 0. The number of nitrogens with one attached hydrogen (secondary N) is 1. The van der Waals surface area contributed by atoms with Crippen LogP contribution in [0.4, 0.5) is 0 Å². The van der Waals surface area contributed by atoms with Gasteiger partial charge in [-0.2, -0.15) is 0 Å². The van der Waals surface area contributed by atoms with Crippen LogP contribution in [0.3, 0.4) is 0 Å². The van der Waals surface area contributed by atoms with Crippen molar-refractivity contribution < 1.29 is 0 Å². The van der Waals surface area contributed by atoms with Gasteiger partial charge in [0.2, 0.25) is 0 Å². The van der Waals surface area contributed by atoms with Crippen molar-refractivity contribution in [2.24, 2.45) is 5.92 Å². The molecule has 1 heterocycles. The van der Waals surface area contributed by atoms with E-state index < -0.39 is 0 Å². The monoisotopic (exact) mass is 217 g/mol. The normalized spacial score (nSPS) is 29.5. The van der Waals surface area contributed by atoms with Crippen molar-refractivity contribution in [3.05, 3.63) is 24.3 Å². The van der Waals surface area contributed by atoms with Crippen molar-refractivity contribution in [1.82, 2.24) is 15.3 Å². The predicted molar refractivity (Wildman–Crippen MR) is 63.1 cm³/mol. The number of nitrogens with zero attached hydrogens (tertiary/aromatic N) is 2. The van der Waals surface area contributed by atoms with Crippen molar-refractivity contribution in [3.63, 3.8) is 0 Å². The van der Waals surface area contributed by atoms with Crippen LogP contribution >= 0.6 is 0 Å². The third-order valence-electron chi connectivity index (χ3n) is 3.91. The average Bonchev–Trinajstić information content (AvgIpc) is 3.05. The Bertz CT molecular complexity index is 334. The maximum absolute atomic E-state index is 4.14. The van der Waals surface area contributed by atoms with Gasteiger partial charge < -0.3 is 5.32 Å². The molecule has 2 aliphatic carbocycles. The summed E-state index contributed by atoms with van der Waals surface area (Å²) in [5.74, 6) is 1.49. The lowest BCUT2D eigenvalue weighted by atomic mass is 9.90. The van der Waals surface area contributed by atoms with Gasteiger partial charge in [-0.1, -0.05) is 6.42 Å². The lowest BCUT2D eigenvalue weighted by molar-refractivity contribution is 0.441. The quantitative estimate of drug-likeness (QED) is 0.839. The van der Waals surface area contributed by atoms with Crippen LogP contribution in [-0.2, 0) is 0 Å². The molecule has 0 radical (unpaired) electrons. The fourth-order valence-electron chi connectivity index (χ4n) is 2.83. The summed E-state index contributed by atoms with van der Waals surface area (Å²) in [4.78, 5) is 8.28. The molecule has 0 bridgehead atoms. The summed E-state index contributed by atoms with van der Waals surface area (Å²) in [5.41, 5.74) is 1.34. The van der Waals surface area contributed by atoms with Crippen LogP contribution in [0.25, 0.3) is 0 Å². The molecule has 2 atom stereocenters. The zero-order chi connectivity index (χ0) is 10.8. The van der Waals surface area contributed by atoms with Gasteiger partial charge in [0.15, 0.2) is 0 Å². The van der Waals surface area contributed by atoms with Gasteiger partial charge in [0.1, 0.15) is 6.33 Å². The van der Waals surface area contributed by atoms with Crippen molar-refractivity contribution in [2.75, 3.05) is 6.54 Å². The number of hydrogen-bond acceptors (Lipinski definition) is 3. The van der Waals surface area contributed by atoms with Gasteiger partial charge in [0.05, 0.1) is 0 Å². The first kappa shape index (κ1) is 10.2. The van der Waals surface area contributed by atoms with Gasteiger partial charge in [-0.05, 0) is 49.6 Å². The number of aromatic nitrogens is 2. The molecule has 2 saturated carbocycles. The Balaban J connectivity index is 1.63. The van der Waals surface area contributed by atoms with Crippen LogP contribution in [0.2, 0.25) is 0 Å². The second-order valence-electron chi connectivity index (χ2n) is 5.15. The highest BCUT2D eigenvalue weighted by molar-refractivity contribution is 5.13. The second kappa shape index (κ2) is 4.50. The summed E-state index contributed by atoms with van der Waals surface area (Å²) in [6.45, 7) is 1.18. The first-order valence-corrected chi connectivity index (χ1v) is 6.42. The molecule has 3 heteroatoms. The van der Waals surface area contributed by atoms with E-state index in [9.17, 15) is 0 Å². The second-order valence-corrected chi connectivity index (χ2v) is 5.15. The maximum Gasteiger partial charge on any atom is 0.115 e. The third kappa shape index (κ3) is 2.24. The van der Waals surface area contributed by atoms with Gasteiger partial charge in [0.25, 0.3) is 0 Å². The number of hydrogen-bond donors (Lipinski definition) is 1. The Morgan fingerprint density at radius 1 is 1.12 bits per heavy atom. The van der Waals surface area contributed by atoms with Gasteiger partial charge in [-0.25, -0.2) is 9.97 Å². The molecule has 3 rings (SSSR count). The van der Waals surface area contributed by atoms with E-state index in [4.69, 9.17) is 0 Å². The minimum Gasteiger partial charge on any atom is -0.314 e. The van der Waals surface area contributed by atoms with E-state index >= 15 is 0 Å². The number of rotatable bonds is 4. The molecule has 2 aliphatic rings. The van der Waals surface area contributed by atoms with Crippen molar-refractivity contribution in [3.8, 4) is 0 Å². The minimum absolute atomic E-state index is 0.687. The van der Waals surface area contributed by atoms with E-state index in [1.807, 2.05) is 12.4 Å². The van der Waals surface area contributed by atoms with E-state index in [1.54, 1.807) is 6.33 Å². The van der Waals surface area contributed by atoms with E-state index in [-0.39, 0.29) is 0 Å². The summed E-state index contributed by atoms with van der Waals surface area (Å²) in [6.07, 6.45) is 12.4. The Morgan fingerprint density at radius 2 is 1.94 bits per heavy atom. The Morgan fingerprint density at radius 3 is 2.69 bits per heavy atom. The first-order chi connectivity index (χ1) is 7.93. The molecule has 86 valence electrons. The van der Waals surface area contributed by atoms with E-state index in [2.05, 4.69) is 15.3 Å². The molecule has 16 heavy (non-hydrogen) atoms. The van der Waals surface area contributed by atoms with Crippen molar-refractivity contribution >= 4 is 0 Å². The Kier molecular flexibility index (Phi) is 2.87. The van der Waals surface area contributed by atoms with Crippen molar-refractivity contribution in [1.29, 1.82) is 0 Å². The van der Waals surface area contributed by atoms with Gasteiger partial charge in [0, 0.05) is 18.4 Å². The highest BCUT2D eigenvalue weighted by Crippen LogP contribution is 2.39. The highest BCUT2D eigenvalue weighted by atomic mass is 14.9. The Labute approximate surface area is 96.7 Å². The fourth-order valence-corrected chi connectivity index (χ4v) is 2.83. The minimum atomic E-state index is 0.687. The van der Waals surface area contributed by atoms with E-state index in [0.29, 0.717) is 5.92 Å².